The molecule has 0 spiro atoms. The molecule has 210 valence electrons. The van der Waals surface area contributed by atoms with Gasteiger partial charge in [0.15, 0.2) is 0 Å². The van der Waals surface area contributed by atoms with E-state index in [1.54, 1.807) is 25.2 Å². The SMILES string of the molecule is C=C/C=C\c1ncn([C@@H](CC(C)C)C(=O)NC(CC(=O)OC)c2ccc(C)c(N3CCOCC3)c2)c(=O)c1C. The average Bonchev–Trinajstić information content (AvgIpc) is 2.93. The molecule has 2 heterocycles. The van der Waals surface area contributed by atoms with Gasteiger partial charge in [-0.3, -0.25) is 19.0 Å². The van der Waals surface area contributed by atoms with Crippen molar-refractivity contribution in [2.24, 2.45) is 5.92 Å². The standard InChI is InChI=1S/C30H40N4O5/c1-7-8-9-24-22(5)30(37)34(19-31-24)27(16-20(2)3)29(36)32-25(18-28(35)38-6)23-11-10-21(4)26(17-23)33-12-14-39-15-13-33/h7-11,17,19-20,25,27H,1,12-16,18H2,2-6H3,(H,32,36)/b9-8-/t25?,27-/m0/s1. The zero-order chi connectivity index (χ0) is 28.5. The minimum atomic E-state index is -0.801. The Morgan fingerprint density at radius 1 is 1.23 bits per heavy atom. The summed E-state index contributed by atoms with van der Waals surface area (Å²) < 4.78 is 11.8. The summed E-state index contributed by atoms with van der Waals surface area (Å²) in [7, 11) is 1.33. The molecule has 2 aromatic rings. The van der Waals surface area contributed by atoms with Gasteiger partial charge in [-0.2, -0.15) is 0 Å². The molecule has 1 unspecified atom stereocenters. The predicted octanol–water partition coefficient (Wildman–Crippen LogP) is 3.90. The molecule has 9 heteroatoms. The van der Waals surface area contributed by atoms with Gasteiger partial charge in [0.2, 0.25) is 5.91 Å². The lowest BCUT2D eigenvalue weighted by Gasteiger charge is -2.31. The van der Waals surface area contributed by atoms with Crippen LogP contribution in [0.5, 0.6) is 0 Å². The number of nitrogens with zero attached hydrogens (tertiary/aromatic N) is 3. The van der Waals surface area contributed by atoms with Crippen LogP contribution in [0.3, 0.4) is 0 Å². The molecule has 1 fully saturated rings. The number of benzene rings is 1. The maximum absolute atomic E-state index is 13.8. The zero-order valence-corrected chi connectivity index (χ0v) is 23.6. The lowest BCUT2D eigenvalue weighted by atomic mass is 9.98. The van der Waals surface area contributed by atoms with Gasteiger partial charge in [0, 0.05) is 24.3 Å². The third-order valence-electron chi connectivity index (χ3n) is 6.89. The van der Waals surface area contributed by atoms with Gasteiger partial charge in [-0.25, -0.2) is 4.98 Å². The van der Waals surface area contributed by atoms with Crippen molar-refractivity contribution in [1.82, 2.24) is 14.9 Å². The minimum Gasteiger partial charge on any atom is -0.469 e. The van der Waals surface area contributed by atoms with E-state index < -0.39 is 18.1 Å². The van der Waals surface area contributed by atoms with Crippen LogP contribution in [-0.4, -0.2) is 54.8 Å². The lowest BCUT2D eigenvalue weighted by Crippen LogP contribution is -2.41. The normalized spacial score (nSPS) is 15.3. The van der Waals surface area contributed by atoms with E-state index in [4.69, 9.17) is 9.47 Å². The number of hydrogen-bond acceptors (Lipinski definition) is 7. The fraction of sp³-hybridized carbons (Fsp3) is 0.467. The van der Waals surface area contributed by atoms with Crippen molar-refractivity contribution in [3.63, 3.8) is 0 Å². The number of ether oxygens (including phenoxy) is 2. The Labute approximate surface area is 230 Å². The van der Waals surface area contributed by atoms with Crippen LogP contribution in [0.25, 0.3) is 6.08 Å². The Kier molecular flexibility index (Phi) is 10.6. The molecule has 1 amide bonds. The quantitative estimate of drug-likeness (QED) is 0.343. The van der Waals surface area contributed by atoms with Gasteiger partial charge in [0.05, 0.1) is 44.8 Å². The van der Waals surface area contributed by atoms with E-state index in [0.717, 1.165) is 29.9 Å². The van der Waals surface area contributed by atoms with Crippen molar-refractivity contribution in [2.45, 2.75) is 52.6 Å². The van der Waals surface area contributed by atoms with Crippen LogP contribution in [0.4, 0.5) is 5.69 Å². The Bertz CT molecular complexity index is 1260. The number of anilines is 1. The molecule has 0 saturated carbocycles. The number of hydrogen-bond donors (Lipinski definition) is 1. The Morgan fingerprint density at radius 3 is 2.59 bits per heavy atom. The highest BCUT2D eigenvalue weighted by atomic mass is 16.5. The second-order valence-electron chi connectivity index (χ2n) is 10.2. The van der Waals surface area contributed by atoms with Crippen LogP contribution >= 0.6 is 0 Å². The number of nitrogens with one attached hydrogen (secondary N) is 1. The summed E-state index contributed by atoms with van der Waals surface area (Å²) in [6.45, 7) is 14.2. The highest BCUT2D eigenvalue weighted by molar-refractivity contribution is 5.82. The minimum absolute atomic E-state index is 0.0420. The first-order valence-corrected chi connectivity index (χ1v) is 13.3. The predicted molar refractivity (Wildman–Crippen MR) is 153 cm³/mol. The van der Waals surface area contributed by atoms with Crippen LogP contribution in [-0.2, 0) is 19.1 Å². The molecule has 1 N–H and O–H groups in total. The molecule has 1 aromatic carbocycles. The first-order valence-electron chi connectivity index (χ1n) is 13.3. The molecule has 1 aromatic heterocycles. The Hall–Kier alpha value is -3.72. The summed E-state index contributed by atoms with van der Waals surface area (Å²) in [4.78, 5) is 46.2. The van der Waals surface area contributed by atoms with E-state index in [9.17, 15) is 14.4 Å². The van der Waals surface area contributed by atoms with Crippen molar-refractivity contribution in [1.29, 1.82) is 0 Å². The van der Waals surface area contributed by atoms with E-state index in [-0.39, 0.29) is 23.8 Å². The van der Waals surface area contributed by atoms with Crippen LogP contribution in [0, 0.1) is 19.8 Å². The monoisotopic (exact) mass is 536 g/mol. The van der Waals surface area contributed by atoms with Crippen LogP contribution in [0.1, 0.15) is 61.2 Å². The summed E-state index contributed by atoms with van der Waals surface area (Å²) in [5, 5.41) is 3.05. The molecular formula is C30H40N4O5. The molecule has 3 rings (SSSR count). The van der Waals surface area contributed by atoms with Gasteiger partial charge >= 0.3 is 5.97 Å². The number of methoxy groups -OCH3 is 1. The number of allylic oxidation sites excluding steroid dienone is 2. The average molecular weight is 537 g/mol. The fourth-order valence-corrected chi connectivity index (χ4v) is 4.68. The topological polar surface area (TPSA) is 103 Å². The third kappa shape index (κ3) is 7.66. The summed E-state index contributed by atoms with van der Waals surface area (Å²) >= 11 is 0. The molecule has 0 aliphatic carbocycles. The van der Waals surface area contributed by atoms with Gasteiger partial charge in [-0.05, 0) is 49.5 Å². The van der Waals surface area contributed by atoms with E-state index in [1.165, 1.54) is 18.0 Å². The second-order valence-corrected chi connectivity index (χ2v) is 10.2. The summed E-state index contributed by atoms with van der Waals surface area (Å²) in [6.07, 6.45) is 6.83. The first kappa shape index (κ1) is 29.8. The molecule has 39 heavy (non-hydrogen) atoms. The number of aryl methyl sites for hydroxylation is 1. The number of aromatic nitrogens is 2. The molecule has 0 bridgehead atoms. The van der Waals surface area contributed by atoms with Gasteiger partial charge in [0.25, 0.3) is 5.56 Å². The molecule has 0 radical (unpaired) electrons. The van der Waals surface area contributed by atoms with E-state index in [1.807, 2.05) is 39.0 Å². The van der Waals surface area contributed by atoms with Crippen LogP contribution < -0.4 is 15.8 Å². The second kappa shape index (κ2) is 13.9. The molecule has 2 atom stereocenters. The number of amides is 1. The number of morpholine rings is 1. The van der Waals surface area contributed by atoms with Crippen molar-refractivity contribution in [2.75, 3.05) is 38.3 Å². The summed E-state index contributed by atoms with van der Waals surface area (Å²) in [6, 6.07) is 4.49. The third-order valence-corrected chi connectivity index (χ3v) is 6.89. The van der Waals surface area contributed by atoms with Gasteiger partial charge in [-0.1, -0.05) is 44.7 Å². The van der Waals surface area contributed by atoms with Crippen molar-refractivity contribution in [3.8, 4) is 0 Å². The highest BCUT2D eigenvalue weighted by Gasteiger charge is 2.28. The smallest absolute Gasteiger partial charge is 0.307 e. The Balaban J connectivity index is 1.97. The van der Waals surface area contributed by atoms with E-state index >= 15 is 0 Å². The number of carbonyl (C=O) groups is 2. The number of rotatable bonds is 11. The van der Waals surface area contributed by atoms with Crippen LogP contribution in [0.2, 0.25) is 0 Å². The lowest BCUT2D eigenvalue weighted by molar-refractivity contribution is -0.141. The maximum atomic E-state index is 13.8. The van der Waals surface area contributed by atoms with Gasteiger partial charge in [0.1, 0.15) is 6.04 Å². The fourth-order valence-electron chi connectivity index (χ4n) is 4.68. The van der Waals surface area contributed by atoms with Gasteiger partial charge < -0.3 is 19.7 Å². The molecule has 1 aliphatic rings. The molecular weight excluding hydrogens is 496 g/mol. The highest BCUT2D eigenvalue weighted by Crippen LogP contribution is 2.28. The van der Waals surface area contributed by atoms with Gasteiger partial charge in [-0.15, -0.1) is 0 Å². The zero-order valence-electron chi connectivity index (χ0n) is 23.6. The Morgan fingerprint density at radius 2 is 1.95 bits per heavy atom. The number of carbonyl (C=O) groups excluding carboxylic acids is 2. The molecule has 1 saturated heterocycles. The largest absolute Gasteiger partial charge is 0.469 e. The molecule has 9 nitrogen and oxygen atoms in total. The van der Waals surface area contributed by atoms with Crippen molar-refractivity contribution >= 4 is 23.6 Å². The van der Waals surface area contributed by atoms with E-state index in [0.29, 0.717) is 30.9 Å². The van der Waals surface area contributed by atoms with Crippen molar-refractivity contribution in [3.05, 3.63) is 76.0 Å². The van der Waals surface area contributed by atoms with Crippen LogP contribution in [0.15, 0.2) is 48.1 Å². The van der Waals surface area contributed by atoms with E-state index in [2.05, 4.69) is 21.8 Å². The summed E-state index contributed by atoms with van der Waals surface area (Å²) in [5.41, 5.74) is 3.60. The summed E-state index contributed by atoms with van der Waals surface area (Å²) in [5.74, 6) is -0.675. The maximum Gasteiger partial charge on any atom is 0.307 e. The first-order chi connectivity index (χ1) is 18.7. The number of esters is 1. The van der Waals surface area contributed by atoms with Crippen molar-refractivity contribution < 1.29 is 19.1 Å². The molecule has 1 aliphatic heterocycles.